The summed E-state index contributed by atoms with van der Waals surface area (Å²) in [4.78, 5) is 0. The van der Waals surface area contributed by atoms with Crippen molar-refractivity contribution in [3.63, 3.8) is 0 Å². The van der Waals surface area contributed by atoms with Crippen molar-refractivity contribution in [1.82, 2.24) is 10.6 Å². The number of hydrogen-bond acceptors (Lipinski definition) is 3. The van der Waals surface area contributed by atoms with Crippen LogP contribution in [0, 0.1) is 0 Å². The molecule has 88 valence electrons. The summed E-state index contributed by atoms with van der Waals surface area (Å²) in [5.74, 6) is 0.329. The Morgan fingerprint density at radius 3 is 2.44 bits per heavy atom. The van der Waals surface area contributed by atoms with E-state index in [-0.39, 0.29) is 5.41 Å². The fraction of sp³-hybridized carbons (Fsp3) is 0.538. The highest BCUT2D eigenvalue weighted by molar-refractivity contribution is 5.30. The predicted octanol–water partition coefficient (Wildman–Crippen LogP) is 1.23. The third-order valence-corrected chi connectivity index (χ3v) is 3.26. The molecule has 1 aliphatic rings. The van der Waals surface area contributed by atoms with Gasteiger partial charge in [-0.25, -0.2) is 0 Å². The molecule has 0 aromatic heterocycles. The predicted molar refractivity (Wildman–Crippen MR) is 65.8 cm³/mol. The van der Waals surface area contributed by atoms with Crippen molar-refractivity contribution in [2.24, 2.45) is 0 Å². The van der Waals surface area contributed by atoms with Crippen LogP contribution in [0.5, 0.6) is 5.75 Å². The van der Waals surface area contributed by atoms with Gasteiger partial charge in [0.1, 0.15) is 5.75 Å². The topological polar surface area (TPSA) is 44.3 Å². The summed E-state index contributed by atoms with van der Waals surface area (Å²) in [5, 5.41) is 16.1. The molecule has 0 unspecified atom stereocenters. The second kappa shape index (κ2) is 4.44. The molecular formula is C13H20N2O. The first-order valence-corrected chi connectivity index (χ1v) is 5.81. The third kappa shape index (κ3) is 2.54. The molecule has 1 fully saturated rings. The van der Waals surface area contributed by atoms with Crippen LogP contribution in [-0.4, -0.2) is 30.8 Å². The van der Waals surface area contributed by atoms with E-state index in [4.69, 9.17) is 0 Å². The van der Waals surface area contributed by atoms with Crippen LogP contribution < -0.4 is 10.6 Å². The van der Waals surface area contributed by atoms with Crippen molar-refractivity contribution >= 4 is 0 Å². The molecule has 0 bridgehead atoms. The minimum absolute atomic E-state index is 0.100. The van der Waals surface area contributed by atoms with E-state index in [1.165, 1.54) is 5.56 Å². The molecule has 1 aromatic carbocycles. The molecule has 0 atom stereocenters. The van der Waals surface area contributed by atoms with Gasteiger partial charge in [-0.3, -0.25) is 0 Å². The number of hydrogen-bond donors (Lipinski definition) is 3. The number of nitrogens with one attached hydrogen (secondary N) is 2. The normalized spacial score (nSPS) is 17.1. The van der Waals surface area contributed by atoms with Gasteiger partial charge in [-0.1, -0.05) is 26.0 Å². The standard InChI is InChI=1S/C13H20N2O/c1-13(2,9-15-11-7-14-8-11)10-3-5-12(16)6-4-10/h3-6,11,14-16H,7-9H2,1-2H3. The van der Waals surface area contributed by atoms with E-state index in [9.17, 15) is 5.11 Å². The second-order valence-corrected chi connectivity index (χ2v) is 5.17. The zero-order valence-electron chi connectivity index (χ0n) is 9.96. The van der Waals surface area contributed by atoms with Crippen molar-refractivity contribution in [3.8, 4) is 5.75 Å². The molecule has 3 heteroatoms. The number of benzene rings is 1. The van der Waals surface area contributed by atoms with Crippen molar-refractivity contribution in [1.29, 1.82) is 0 Å². The smallest absolute Gasteiger partial charge is 0.115 e. The molecule has 1 heterocycles. The van der Waals surface area contributed by atoms with Crippen LogP contribution in [0.15, 0.2) is 24.3 Å². The minimum atomic E-state index is 0.100. The van der Waals surface area contributed by atoms with Gasteiger partial charge in [0.25, 0.3) is 0 Å². The van der Waals surface area contributed by atoms with E-state index >= 15 is 0 Å². The summed E-state index contributed by atoms with van der Waals surface area (Å²) >= 11 is 0. The highest BCUT2D eigenvalue weighted by Crippen LogP contribution is 2.24. The molecular weight excluding hydrogens is 200 g/mol. The van der Waals surface area contributed by atoms with E-state index in [1.54, 1.807) is 12.1 Å². The van der Waals surface area contributed by atoms with Crippen molar-refractivity contribution < 1.29 is 5.11 Å². The Balaban J connectivity index is 1.96. The minimum Gasteiger partial charge on any atom is -0.508 e. The summed E-state index contributed by atoms with van der Waals surface area (Å²) in [6, 6.07) is 8.12. The monoisotopic (exact) mass is 220 g/mol. The Morgan fingerprint density at radius 1 is 1.31 bits per heavy atom. The van der Waals surface area contributed by atoms with E-state index in [1.807, 2.05) is 12.1 Å². The quantitative estimate of drug-likeness (QED) is 0.715. The van der Waals surface area contributed by atoms with Gasteiger partial charge in [-0.2, -0.15) is 0 Å². The Labute approximate surface area is 96.9 Å². The molecule has 16 heavy (non-hydrogen) atoms. The van der Waals surface area contributed by atoms with Gasteiger partial charge in [0, 0.05) is 31.1 Å². The largest absolute Gasteiger partial charge is 0.508 e. The molecule has 0 spiro atoms. The molecule has 1 aromatic rings. The number of phenols is 1. The fourth-order valence-electron chi connectivity index (χ4n) is 1.85. The average Bonchev–Trinajstić information content (AvgIpc) is 2.15. The Hall–Kier alpha value is -1.06. The highest BCUT2D eigenvalue weighted by atomic mass is 16.3. The number of phenolic OH excluding ortho intramolecular Hbond substituents is 1. The van der Waals surface area contributed by atoms with Crippen LogP contribution in [0.1, 0.15) is 19.4 Å². The van der Waals surface area contributed by atoms with Gasteiger partial charge >= 0.3 is 0 Å². The molecule has 0 amide bonds. The van der Waals surface area contributed by atoms with Crippen molar-refractivity contribution in [3.05, 3.63) is 29.8 Å². The van der Waals surface area contributed by atoms with Gasteiger partial charge in [0.15, 0.2) is 0 Å². The zero-order valence-corrected chi connectivity index (χ0v) is 9.96. The van der Waals surface area contributed by atoms with E-state index in [0.29, 0.717) is 11.8 Å². The van der Waals surface area contributed by atoms with Gasteiger partial charge in [-0.05, 0) is 17.7 Å². The molecule has 1 aliphatic heterocycles. The molecule has 2 rings (SSSR count). The van der Waals surface area contributed by atoms with Crippen LogP contribution in [0.25, 0.3) is 0 Å². The Bertz CT molecular complexity index is 341. The average molecular weight is 220 g/mol. The van der Waals surface area contributed by atoms with Crippen molar-refractivity contribution in [2.45, 2.75) is 25.3 Å². The van der Waals surface area contributed by atoms with E-state index in [2.05, 4.69) is 24.5 Å². The second-order valence-electron chi connectivity index (χ2n) is 5.17. The Morgan fingerprint density at radius 2 is 1.94 bits per heavy atom. The molecule has 0 saturated carbocycles. The summed E-state index contributed by atoms with van der Waals surface area (Å²) < 4.78 is 0. The first-order valence-electron chi connectivity index (χ1n) is 5.81. The van der Waals surface area contributed by atoms with Crippen LogP contribution in [0.3, 0.4) is 0 Å². The maximum atomic E-state index is 9.26. The van der Waals surface area contributed by atoms with Gasteiger partial charge < -0.3 is 15.7 Å². The maximum Gasteiger partial charge on any atom is 0.115 e. The van der Waals surface area contributed by atoms with Gasteiger partial charge in [0.2, 0.25) is 0 Å². The molecule has 1 saturated heterocycles. The summed E-state index contributed by atoms with van der Waals surface area (Å²) in [5.41, 5.74) is 1.36. The van der Waals surface area contributed by atoms with Crippen LogP contribution >= 0.6 is 0 Å². The molecule has 0 radical (unpaired) electrons. The lowest BCUT2D eigenvalue weighted by Gasteiger charge is -2.33. The lowest BCUT2D eigenvalue weighted by molar-refractivity contribution is 0.333. The maximum absolute atomic E-state index is 9.26. The zero-order chi connectivity index (χ0) is 11.6. The van der Waals surface area contributed by atoms with E-state index in [0.717, 1.165) is 19.6 Å². The molecule has 3 nitrogen and oxygen atoms in total. The SMILES string of the molecule is CC(C)(CNC1CNC1)c1ccc(O)cc1. The first-order chi connectivity index (χ1) is 7.58. The number of aromatic hydroxyl groups is 1. The fourth-order valence-corrected chi connectivity index (χ4v) is 1.85. The first kappa shape index (κ1) is 11.4. The van der Waals surface area contributed by atoms with Gasteiger partial charge in [-0.15, -0.1) is 0 Å². The van der Waals surface area contributed by atoms with Crippen molar-refractivity contribution in [2.75, 3.05) is 19.6 Å². The summed E-state index contributed by atoms with van der Waals surface area (Å²) in [6.07, 6.45) is 0. The van der Waals surface area contributed by atoms with E-state index < -0.39 is 0 Å². The lowest BCUT2D eigenvalue weighted by Crippen LogP contribution is -2.57. The number of rotatable bonds is 4. The lowest BCUT2D eigenvalue weighted by atomic mass is 9.84. The summed E-state index contributed by atoms with van der Waals surface area (Å²) in [6.45, 7) is 7.55. The van der Waals surface area contributed by atoms with Gasteiger partial charge in [0.05, 0.1) is 0 Å². The molecule has 0 aliphatic carbocycles. The third-order valence-electron chi connectivity index (χ3n) is 3.26. The van der Waals surface area contributed by atoms with Crippen LogP contribution in [0.2, 0.25) is 0 Å². The molecule has 3 N–H and O–H groups in total. The highest BCUT2D eigenvalue weighted by Gasteiger charge is 2.23. The van der Waals surface area contributed by atoms with Crippen LogP contribution in [-0.2, 0) is 5.41 Å². The van der Waals surface area contributed by atoms with Crippen LogP contribution in [0.4, 0.5) is 0 Å². The summed E-state index contributed by atoms with van der Waals surface area (Å²) in [7, 11) is 0. The Kier molecular flexibility index (Phi) is 3.17.